The van der Waals surface area contributed by atoms with Crippen LogP contribution in [0.4, 0.5) is 0 Å². The summed E-state index contributed by atoms with van der Waals surface area (Å²) in [5, 5.41) is 1.33. The van der Waals surface area contributed by atoms with E-state index in [9.17, 15) is 4.79 Å². The van der Waals surface area contributed by atoms with Crippen LogP contribution in [0, 0.1) is 0 Å². The van der Waals surface area contributed by atoms with E-state index in [0.717, 1.165) is 5.39 Å². The van der Waals surface area contributed by atoms with E-state index in [4.69, 9.17) is 21.1 Å². The molecule has 0 atom stereocenters. The summed E-state index contributed by atoms with van der Waals surface area (Å²) in [6.45, 7) is 0. The minimum absolute atomic E-state index is 0.267. The lowest BCUT2D eigenvalue weighted by Gasteiger charge is -2.10. The third-order valence-electron chi connectivity index (χ3n) is 3.18. The fraction of sp³-hybridized carbons (Fsp3) is 0.0588. The standard InChI is InChI=1S/C17H12ClNO3/c1-21-14-8-7-12(18)10-13(14)17(20)22-15-6-2-4-11-5-3-9-19-16(11)15/h2-10H,1H3. The van der Waals surface area contributed by atoms with Crippen LogP contribution >= 0.6 is 11.6 Å². The molecular weight excluding hydrogens is 302 g/mol. The molecule has 0 saturated carbocycles. The SMILES string of the molecule is COc1ccc(Cl)cc1C(=O)Oc1cccc2cccnc12. The molecule has 110 valence electrons. The van der Waals surface area contributed by atoms with Gasteiger partial charge in [-0.3, -0.25) is 4.98 Å². The van der Waals surface area contributed by atoms with Gasteiger partial charge in [0.05, 0.1) is 7.11 Å². The van der Waals surface area contributed by atoms with Crippen LogP contribution < -0.4 is 9.47 Å². The fourth-order valence-electron chi connectivity index (χ4n) is 2.15. The van der Waals surface area contributed by atoms with Gasteiger partial charge in [-0.1, -0.05) is 29.8 Å². The molecular formula is C17H12ClNO3. The molecule has 0 saturated heterocycles. The second-order valence-corrected chi connectivity index (χ2v) is 5.00. The number of para-hydroxylation sites is 1. The van der Waals surface area contributed by atoms with E-state index in [2.05, 4.69) is 4.98 Å². The second kappa shape index (κ2) is 6.03. The number of rotatable bonds is 3. The molecule has 4 nitrogen and oxygen atoms in total. The van der Waals surface area contributed by atoms with E-state index in [0.29, 0.717) is 22.0 Å². The van der Waals surface area contributed by atoms with Crippen LogP contribution in [0.3, 0.4) is 0 Å². The highest BCUT2D eigenvalue weighted by Crippen LogP contribution is 2.27. The number of esters is 1. The number of nitrogens with zero attached hydrogens (tertiary/aromatic N) is 1. The van der Waals surface area contributed by atoms with Gasteiger partial charge in [0.15, 0.2) is 5.75 Å². The first-order valence-electron chi connectivity index (χ1n) is 6.58. The average molecular weight is 314 g/mol. The lowest BCUT2D eigenvalue weighted by atomic mass is 10.2. The number of aromatic nitrogens is 1. The third kappa shape index (κ3) is 2.73. The summed E-state index contributed by atoms with van der Waals surface area (Å²) in [6, 6.07) is 13.9. The van der Waals surface area contributed by atoms with Crippen molar-refractivity contribution in [3.05, 3.63) is 65.3 Å². The van der Waals surface area contributed by atoms with Crippen molar-refractivity contribution in [2.75, 3.05) is 7.11 Å². The van der Waals surface area contributed by atoms with Gasteiger partial charge < -0.3 is 9.47 Å². The van der Waals surface area contributed by atoms with Crippen LogP contribution in [0.2, 0.25) is 5.02 Å². The van der Waals surface area contributed by atoms with Gasteiger partial charge in [0, 0.05) is 16.6 Å². The fourth-order valence-corrected chi connectivity index (χ4v) is 2.33. The summed E-state index contributed by atoms with van der Waals surface area (Å²) < 4.78 is 10.6. The molecule has 0 N–H and O–H groups in total. The number of hydrogen-bond donors (Lipinski definition) is 0. The Morgan fingerprint density at radius 1 is 1.09 bits per heavy atom. The predicted molar refractivity (Wildman–Crippen MR) is 84.7 cm³/mol. The molecule has 0 fully saturated rings. The summed E-state index contributed by atoms with van der Waals surface area (Å²) in [5.74, 6) is 0.255. The van der Waals surface area contributed by atoms with Gasteiger partial charge in [0.1, 0.15) is 16.8 Å². The number of halogens is 1. The van der Waals surface area contributed by atoms with E-state index < -0.39 is 5.97 Å². The highest BCUT2D eigenvalue weighted by Gasteiger charge is 2.16. The van der Waals surface area contributed by atoms with E-state index in [1.165, 1.54) is 13.2 Å². The van der Waals surface area contributed by atoms with Crippen molar-refractivity contribution in [3.8, 4) is 11.5 Å². The van der Waals surface area contributed by atoms with E-state index in [1.807, 2.05) is 24.3 Å². The highest BCUT2D eigenvalue weighted by atomic mass is 35.5. The molecule has 1 heterocycles. The summed E-state index contributed by atoms with van der Waals surface area (Å²) in [6.07, 6.45) is 1.65. The first-order valence-corrected chi connectivity index (χ1v) is 6.96. The Morgan fingerprint density at radius 2 is 1.91 bits per heavy atom. The number of carbonyl (C=O) groups excluding carboxylic acids is 1. The van der Waals surface area contributed by atoms with E-state index >= 15 is 0 Å². The molecule has 0 aliphatic heterocycles. The van der Waals surface area contributed by atoms with Crippen LogP contribution in [0.1, 0.15) is 10.4 Å². The Hall–Kier alpha value is -2.59. The molecule has 0 aliphatic rings. The van der Waals surface area contributed by atoms with Gasteiger partial charge in [-0.15, -0.1) is 0 Å². The number of methoxy groups -OCH3 is 1. The average Bonchev–Trinajstić information content (AvgIpc) is 2.55. The van der Waals surface area contributed by atoms with Gasteiger partial charge in [-0.2, -0.15) is 0 Å². The Bertz CT molecular complexity index is 843. The molecule has 0 spiro atoms. The quantitative estimate of drug-likeness (QED) is 0.539. The largest absolute Gasteiger partial charge is 0.496 e. The summed E-state index contributed by atoms with van der Waals surface area (Å²) in [4.78, 5) is 16.7. The van der Waals surface area contributed by atoms with Crippen molar-refractivity contribution in [1.29, 1.82) is 0 Å². The molecule has 3 rings (SSSR count). The van der Waals surface area contributed by atoms with Gasteiger partial charge in [0.2, 0.25) is 0 Å². The Kier molecular flexibility index (Phi) is 3.94. The van der Waals surface area contributed by atoms with Crippen LogP contribution in [0.25, 0.3) is 10.9 Å². The normalized spacial score (nSPS) is 10.5. The molecule has 5 heteroatoms. The first-order chi connectivity index (χ1) is 10.7. The molecule has 0 bridgehead atoms. The monoisotopic (exact) mass is 313 g/mol. The van der Waals surface area contributed by atoms with Gasteiger partial charge >= 0.3 is 5.97 Å². The van der Waals surface area contributed by atoms with Crippen molar-refractivity contribution >= 4 is 28.5 Å². The molecule has 0 radical (unpaired) electrons. The van der Waals surface area contributed by atoms with Crippen LogP contribution in [0.5, 0.6) is 11.5 Å². The number of benzene rings is 2. The minimum Gasteiger partial charge on any atom is -0.496 e. The Labute approximate surface area is 132 Å². The molecule has 0 aliphatic carbocycles. The predicted octanol–water partition coefficient (Wildman–Crippen LogP) is 4.12. The zero-order valence-corrected chi connectivity index (χ0v) is 12.5. The molecule has 1 aromatic heterocycles. The van der Waals surface area contributed by atoms with Crippen molar-refractivity contribution in [2.45, 2.75) is 0 Å². The molecule has 22 heavy (non-hydrogen) atoms. The van der Waals surface area contributed by atoms with Crippen LogP contribution in [-0.2, 0) is 0 Å². The molecule has 3 aromatic rings. The third-order valence-corrected chi connectivity index (χ3v) is 3.41. The van der Waals surface area contributed by atoms with Crippen molar-refractivity contribution in [3.63, 3.8) is 0 Å². The van der Waals surface area contributed by atoms with E-state index in [-0.39, 0.29) is 5.56 Å². The maximum atomic E-state index is 12.4. The van der Waals surface area contributed by atoms with Crippen molar-refractivity contribution in [1.82, 2.24) is 4.98 Å². The smallest absolute Gasteiger partial charge is 0.347 e. The second-order valence-electron chi connectivity index (χ2n) is 4.57. The maximum absolute atomic E-state index is 12.4. The van der Waals surface area contributed by atoms with Crippen LogP contribution in [0.15, 0.2) is 54.7 Å². The van der Waals surface area contributed by atoms with Gasteiger partial charge in [-0.05, 0) is 30.3 Å². The van der Waals surface area contributed by atoms with E-state index in [1.54, 1.807) is 24.4 Å². The first kappa shape index (κ1) is 14.4. The lowest BCUT2D eigenvalue weighted by Crippen LogP contribution is -2.10. The number of pyridine rings is 1. The van der Waals surface area contributed by atoms with Crippen LogP contribution in [-0.4, -0.2) is 18.1 Å². The highest BCUT2D eigenvalue weighted by molar-refractivity contribution is 6.31. The van der Waals surface area contributed by atoms with Gasteiger partial charge in [-0.25, -0.2) is 4.79 Å². The van der Waals surface area contributed by atoms with Crippen molar-refractivity contribution < 1.29 is 14.3 Å². The summed E-state index contributed by atoms with van der Waals surface area (Å²) in [7, 11) is 1.49. The zero-order chi connectivity index (χ0) is 15.5. The topological polar surface area (TPSA) is 48.4 Å². The molecule has 0 amide bonds. The molecule has 2 aromatic carbocycles. The number of hydrogen-bond acceptors (Lipinski definition) is 4. The summed E-state index contributed by atoms with van der Waals surface area (Å²) in [5.41, 5.74) is 0.891. The zero-order valence-electron chi connectivity index (χ0n) is 11.7. The number of carbonyl (C=O) groups is 1. The van der Waals surface area contributed by atoms with Crippen molar-refractivity contribution in [2.24, 2.45) is 0 Å². The van der Waals surface area contributed by atoms with Gasteiger partial charge in [0.25, 0.3) is 0 Å². The Balaban J connectivity index is 1.99. The maximum Gasteiger partial charge on any atom is 0.347 e. The number of ether oxygens (including phenoxy) is 2. The lowest BCUT2D eigenvalue weighted by molar-refractivity contribution is 0.0733. The summed E-state index contributed by atoms with van der Waals surface area (Å²) >= 11 is 5.94. The molecule has 0 unspecified atom stereocenters. The number of fused-ring (bicyclic) bond motifs is 1. The minimum atomic E-state index is -0.544. The Morgan fingerprint density at radius 3 is 2.73 bits per heavy atom.